The van der Waals surface area contributed by atoms with Gasteiger partial charge >= 0.3 is 0 Å². The maximum absolute atomic E-state index is 14.1. The van der Waals surface area contributed by atoms with E-state index in [0.29, 0.717) is 24.0 Å². The second kappa shape index (κ2) is 9.54. The van der Waals surface area contributed by atoms with E-state index in [1.165, 1.54) is 24.4 Å². The van der Waals surface area contributed by atoms with Crippen LogP contribution in [0.15, 0.2) is 90.0 Å². The van der Waals surface area contributed by atoms with Crippen molar-refractivity contribution < 1.29 is 17.6 Å². The van der Waals surface area contributed by atoms with Gasteiger partial charge in [0, 0.05) is 54.5 Å². The quantitative estimate of drug-likeness (QED) is 0.407. The van der Waals surface area contributed by atoms with Crippen LogP contribution in [-0.2, 0) is 26.9 Å². The van der Waals surface area contributed by atoms with E-state index in [2.05, 4.69) is 17.0 Å². The van der Waals surface area contributed by atoms with E-state index < -0.39 is 21.4 Å². The average molecular weight is 492 g/mol. The molecule has 6 nitrogen and oxygen atoms in total. The van der Waals surface area contributed by atoms with E-state index in [4.69, 9.17) is 0 Å². The van der Waals surface area contributed by atoms with Gasteiger partial charge in [-0.1, -0.05) is 54.6 Å². The molecule has 1 aliphatic rings. The fourth-order valence-electron chi connectivity index (χ4n) is 4.59. The van der Waals surface area contributed by atoms with Crippen LogP contribution in [0.4, 0.5) is 10.1 Å². The highest BCUT2D eigenvalue weighted by Crippen LogP contribution is 2.29. The summed E-state index contributed by atoms with van der Waals surface area (Å²) in [5, 5.41) is 0.533. The van der Waals surface area contributed by atoms with Crippen LogP contribution in [0.3, 0.4) is 0 Å². The van der Waals surface area contributed by atoms with Crippen molar-refractivity contribution in [3.63, 3.8) is 0 Å². The molecule has 0 saturated carbocycles. The maximum atomic E-state index is 14.1. The fourth-order valence-corrected chi connectivity index (χ4v) is 6.18. The molecular weight excluding hydrogens is 465 g/mol. The molecule has 1 aromatic heterocycles. The molecule has 0 atom stereocenters. The van der Waals surface area contributed by atoms with Gasteiger partial charge in [0.05, 0.1) is 10.6 Å². The Morgan fingerprint density at radius 3 is 2.23 bits per heavy atom. The number of aromatic nitrogens is 1. The van der Waals surface area contributed by atoms with Gasteiger partial charge < -0.3 is 14.4 Å². The molecule has 1 amide bonds. The van der Waals surface area contributed by atoms with Crippen molar-refractivity contribution in [1.29, 1.82) is 0 Å². The largest absolute Gasteiger partial charge is 0.368 e. The molecule has 0 bridgehead atoms. The minimum atomic E-state index is -3.83. The second-order valence-electron chi connectivity index (χ2n) is 8.69. The molecule has 3 aromatic carbocycles. The minimum Gasteiger partial charge on any atom is -0.368 e. The van der Waals surface area contributed by atoms with Crippen LogP contribution in [0.2, 0.25) is 0 Å². The highest BCUT2D eigenvalue weighted by Gasteiger charge is 2.25. The van der Waals surface area contributed by atoms with Gasteiger partial charge in [0.15, 0.2) is 9.84 Å². The summed E-state index contributed by atoms with van der Waals surface area (Å²) in [5.74, 6) is -1.05. The number of amides is 1. The van der Waals surface area contributed by atoms with Crippen LogP contribution in [0.5, 0.6) is 0 Å². The normalized spacial score (nSPS) is 14.4. The fraction of sp³-hybridized carbons (Fsp3) is 0.222. The Morgan fingerprint density at radius 2 is 1.49 bits per heavy atom. The molecule has 8 heteroatoms. The van der Waals surface area contributed by atoms with Crippen molar-refractivity contribution in [2.24, 2.45) is 0 Å². The minimum absolute atomic E-state index is 0.0427. The Kier molecular flexibility index (Phi) is 6.30. The molecule has 0 spiro atoms. The number of sulfone groups is 1. The van der Waals surface area contributed by atoms with Gasteiger partial charge in [-0.05, 0) is 24.3 Å². The lowest BCUT2D eigenvalue weighted by Gasteiger charge is -2.36. The topological polar surface area (TPSA) is 62.6 Å². The highest BCUT2D eigenvalue weighted by molar-refractivity contribution is 7.90. The number of carbonyl (C=O) groups is 1. The van der Waals surface area contributed by atoms with Crippen molar-refractivity contribution in [3.05, 3.63) is 96.4 Å². The van der Waals surface area contributed by atoms with Gasteiger partial charge in [-0.2, -0.15) is 0 Å². The third kappa shape index (κ3) is 4.79. The zero-order valence-corrected chi connectivity index (χ0v) is 20.0. The smallest absolute Gasteiger partial charge is 0.242 e. The average Bonchev–Trinajstić information content (AvgIpc) is 3.25. The second-order valence-corrected chi connectivity index (χ2v) is 10.7. The first-order valence-electron chi connectivity index (χ1n) is 11.5. The Morgan fingerprint density at radius 1 is 0.829 bits per heavy atom. The van der Waals surface area contributed by atoms with Gasteiger partial charge in [0.25, 0.3) is 0 Å². The van der Waals surface area contributed by atoms with Crippen LogP contribution in [0.1, 0.15) is 5.56 Å². The standard InChI is InChI=1S/C27H26FN3O3S/c28-24-12-6-4-8-21(24)20-35(33,34)26-18-31(25-13-7-5-11-23(25)26)19-27(32)30-16-14-29(15-17-30)22-9-2-1-3-10-22/h1-13,18H,14-17,19-20H2. The predicted molar refractivity (Wildman–Crippen MR) is 134 cm³/mol. The summed E-state index contributed by atoms with van der Waals surface area (Å²) in [7, 11) is -3.83. The molecule has 1 aliphatic heterocycles. The van der Waals surface area contributed by atoms with Crippen molar-refractivity contribution in [2.75, 3.05) is 31.1 Å². The van der Waals surface area contributed by atoms with Crippen LogP contribution in [0.25, 0.3) is 10.9 Å². The first kappa shape index (κ1) is 23.1. The Balaban J connectivity index is 1.35. The van der Waals surface area contributed by atoms with E-state index in [-0.39, 0.29) is 22.9 Å². The van der Waals surface area contributed by atoms with Crippen molar-refractivity contribution in [1.82, 2.24) is 9.47 Å². The molecule has 1 saturated heterocycles. The molecule has 0 aliphatic carbocycles. The molecular formula is C27H26FN3O3S. The molecule has 0 unspecified atom stereocenters. The van der Waals surface area contributed by atoms with Crippen molar-refractivity contribution in [3.8, 4) is 0 Å². The van der Waals surface area contributed by atoms with Crippen molar-refractivity contribution in [2.45, 2.75) is 17.2 Å². The molecule has 35 heavy (non-hydrogen) atoms. The molecule has 2 heterocycles. The van der Waals surface area contributed by atoms with Crippen molar-refractivity contribution >= 4 is 32.3 Å². The molecule has 0 radical (unpaired) electrons. The zero-order valence-electron chi connectivity index (χ0n) is 19.2. The zero-order chi connectivity index (χ0) is 24.4. The van der Waals surface area contributed by atoms with Gasteiger partial charge in [0.2, 0.25) is 5.91 Å². The Bertz CT molecular complexity index is 1460. The predicted octanol–water partition coefficient (Wildman–Crippen LogP) is 4.10. The number of benzene rings is 3. The number of carbonyl (C=O) groups excluding carboxylic acids is 1. The summed E-state index contributed by atoms with van der Waals surface area (Å²) in [6.07, 6.45) is 1.51. The summed E-state index contributed by atoms with van der Waals surface area (Å²) >= 11 is 0. The summed E-state index contributed by atoms with van der Waals surface area (Å²) in [6, 6.07) is 23.1. The number of hydrogen-bond donors (Lipinski definition) is 0. The summed E-state index contributed by atoms with van der Waals surface area (Å²) in [6.45, 7) is 2.73. The number of halogens is 1. The molecule has 5 rings (SSSR count). The lowest BCUT2D eigenvalue weighted by Crippen LogP contribution is -2.49. The number of nitrogens with zero attached hydrogens (tertiary/aromatic N) is 3. The third-order valence-electron chi connectivity index (χ3n) is 6.45. The number of anilines is 1. The molecule has 0 N–H and O–H groups in total. The van der Waals surface area contributed by atoms with Crippen LogP contribution >= 0.6 is 0 Å². The Hall–Kier alpha value is -3.65. The molecule has 4 aromatic rings. The van der Waals surface area contributed by atoms with E-state index in [1.807, 2.05) is 29.2 Å². The van der Waals surface area contributed by atoms with Crippen LogP contribution in [0, 0.1) is 5.82 Å². The number of para-hydroxylation sites is 2. The summed E-state index contributed by atoms with van der Waals surface area (Å²) in [5.41, 5.74) is 1.92. The van der Waals surface area contributed by atoms with E-state index in [9.17, 15) is 17.6 Å². The van der Waals surface area contributed by atoms with Gasteiger partial charge in [-0.3, -0.25) is 4.79 Å². The van der Waals surface area contributed by atoms with Gasteiger partial charge in [-0.25, -0.2) is 12.8 Å². The lowest BCUT2D eigenvalue weighted by molar-refractivity contribution is -0.132. The molecule has 1 fully saturated rings. The van der Waals surface area contributed by atoms with E-state index >= 15 is 0 Å². The van der Waals surface area contributed by atoms with E-state index in [1.54, 1.807) is 28.8 Å². The third-order valence-corrected chi connectivity index (χ3v) is 8.14. The number of piperazine rings is 1. The van der Waals surface area contributed by atoms with Crippen LogP contribution < -0.4 is 4.90 Å². The summed E-state index contributed by atoms with van der Waals surface area (Å²) in [4.78, 5) is 17.3. The highest BCUT2D eigenvalue weighted by atomic mass is 32.2. The van der Waals surface area contributed by atoms with E-state index in [0.717, 1.165) is 18.8 Å². The number of rotatable bonds is 6. The first-order valence-corrected chi connectivity index (χ1v) is 13.2. The number of fused-ring (bicyclic) bond motifs is 1. The van der Waals surface area contributed by atoms with Gasteiger partial charge in [-0.15, -0.1) is 0 Å². The monoisotopic (exact) mass is 491 g/mol. The molecule has 180 valence electrons. The SMILES string of the molecule is O=C(Cn1cc(S(=O)(=O)Cc2ccccc2F)c2ccccc21)N1CCN(c2ccccc2)CC1. The lowest BCUT2D eigenvalue weighted by atomic mass is 10.2. The first-order chi connectivity index (χ1) is 16.9. The Labute approximate surface area is 204 Å². The summed E-state index contributed by atoms with van der Waals surface area (Å²) < 4.78 is 42.4. The van der Waals surface area contributed by atoms with Gasteiger partial charge in [0.1, 0.15) is 12.4 Å². The van der Waals surface area contributed by atoms with Crippen LogP contribution in [-0.4, -0.2) is 50.0 Å². The number of hydrogen-bond acceptors (Lipinski definition) is 4. The maximum Gasteiger partial charge on any atom is 0.242 e.